The van der Waals surface area contributed by atoms with Gasteiger partial charge in [0.25, 0.3) is 0 Å². The monoisotopic (exact) mass is 453 g/mol. The summed E-state index contributed by atoms with van der Waals surface area (Å²) in [5, 5.41) is 14.5. The van der Waals surface area contributed by atoms with Crippen molar-refractivity contribution in [3.63, 3.8) is 0 Å². The first-order valence-electron chi connectivity index (χ1n) is 8.77. The van der Waals surface area contributed by atoms with E-state index < -0.39 is 17.3 Å². The summed E-state index contributed by atoms with van der Waals surface area (Å²) in [7, 11) is 0. The standard InChI is InChI=1S/C21H25BrClNO3/c1-20(2,3)27-19(25)24-14-21(26,16-5-4-6-18(23)13-16)12-11-15-7-9-17(22)10-8-15/h4-10,13,26H,11-12,14H2,1-3H3,(H,24,25)/t21-/m0/s1. The van der Waals surface area contributed by atoms with Gasteiger partial charge in [0.1, 0.15) is 11.2 Å². The molecule has 0 heterocycles. The summed E-state index contributed by atoms with van der Waals surface area (Å²) in [5.74, 6) is 0. The van der Waals surface area contributed by atoms with Crippen molar-refractivity contribution in [3.8, 4) is 0 Å². The molecule has 0 saturated heterocycles. The van der Waals surface area contributed by atoms with Gasteiger partial charge < -0.3 is 15.2 Å². The molecular weight excluding hydrogens is 430 g/mol. The molecule has 2 aromatic rings. The molecule has 2 N–H and O–H groups in total. The number of aliphatic hydroxyl groups is 1. The molecule has 2 rings (SSSR count). The minimum absolute atomic E-state index is 0.0266. The van der Waals surface area contributed by atoms with E-state index in [-0.39, 0.29) is 6.54 Å². The molecule has 0 aliphatic rings. The number of alkyl carbamates (subject to hydrolysis) is 1. The molecule has 1 atom stereocenters. The van der Waals surface area contributed by atoms with Crippen LogP contribution in [0, 0.1) is 0 Å². The number of hydrogen-bond acceptors (Lipinski definition) is 3. The molecule has 0 fully saturated rings. The van der Waals surface area contributed by atoms with Crippen LogP contribution in [0.15, 0.2) is 53.0 Å². The summed E-state index contributed by atoms with van der Waals surface area (Å²) in [4.78, 5) is 12.0. The zero-order valence-electron chi connectivity index (χ0n) is 15.8. The lowest BCUT2D eigenvalue weighted by Gasteiger charge is -2.30. The number of carbonyl (C=O) groups excluding carboxylic acids is 1. The van der Waals surface area contributed by atoms with Gasteiger partial charge in [-0.15, -0.1) is 0 Å². The fourth-order valence-corrected chi connectivity index (χ4v) is 3.10. The Labute approximate surface area is 174 Å². The second-order valence-electron chi connectivity index (χ2n) is 7.52. The van der Waals surface area contributed by atoms with Gasteiger partial charge >= 0.3 is 6.09 Å². The summed E-state index contributed by atoms with van der Waals surface area (Å²) < 4.78 is 6.28. The Morgan fingerprint density at radius 2 is 1.85 bits per heavy atom. The highest BCUT2D eigenvalue weighted by molar-refractivity contribution is 9.10. The fraction of sp³-hybridized carbons (Fsp3) is 0.381. The molecule has 1 amide bonds. The Hall–Kier alpha value is -1.56. The molecular formula is C21H25BrClNO3. The molecule has 146 valence electrons. The molecule has 6 heteroatoms. The number of aryl methyl sites for hydroxylation is 1. The molecule has 0 bridgehead atoms. The molecule has 0 aliphatic carbocycles. The quantitative estimate of drug-likeness (QED) is 0.610. The Kier molecular flexibility index (Phi) is 7.32. The summed E-state index contributed by atoms with van der Waals surface area (Å²) in [6.07, 6.45) is 0.503. The van der Waals surface area contributed by atoms with E-state index in [1.807, 2.05) is 30.3 Å². The average Bonchev–Trinajstić information content (AvgIpc) is 2.58. The second-order valence-corrected chi connectivity index (χ2v) is 8.88. The normalized spacial score (nSPS) is 13.7. The average molecular weight is 455 g/mol. The Balaban J connectivity index is 2.15. The van der Waals surface area contributed by atoms with Crippen LogP contribution in [0.5, 0.6) is 0 Å². The lowest BCUT2D eigenvalue weighted by atomic mass is 9.87. The van der Waals surface area contributed by atoms with Gasteiger partial charge in [-0.05, 0) is 69.0 Å². The van der Waals surface area contributed by atoms with Gasteiger partial charge in [0.15, 0.2) is 0 Å². The maximum atomic E-state index is 12.0. The number of amides is 1. The van der Waals surface area contributed by atoms with Gasteiger partial charge in [0.2, 0.25) is 0 Å². The van der Waals surface area contributed by atoms with E-state index in [1.165, 1.54) is 0 Å². The van der Waals surface area contributed by atoms with Gasteiger partial charge in [-0.2, -0.15) is 0 Å². The van der Waals surface area contributed by atoms with Crippen molar-refractivity contribution in [1.29, 1.82) is 0 Å². The summed E-state index contributed by atoms with van der Waals surface area (Å²) in [5.41, 5.74) is -0.121. The van der Waals surface area contributed by atoms with Crippen LogP contribution in [-0.4, -0.2) is 23.3 Å². The number of nitrogens with one attached hydrogen (secondary N) is 1. The first-order valence-corrected chi connectivity index (χ1v) is 9.94. The lowest BCUT2D eigenvalue weighted by Crippen LogP contribution is -2.43. The number of carbonyl (C=O) groups is 1. The molecule has 0 aliphatic heterocycles. The predicted molar refractivity (Wildman–Crippen MR) is 112 cm³/mol. The third-order valence-electron chi connectivity index (χ3n) is 4.03. The van der Waals surface area contributed by atoms with Crippen LogP contribution in [0.1, 0.15) is 38.3 Å². The number of hydrogen-bond donors (Lipinski definition) is 2. The van der Waals surface area contributed by atoms with Crippen molar-refractivity contribution in [3.05, 3.63) is 69.2 Å². The minimum atomic E-state index is -1.27. The zero-order valence-corrected chi connectivity index (χ0v) is 18.1. The van der Waals surface area contributed by atoms with Gasteiger partial charge in [-0.25, -0.2) is 4.79 Å². The molecule has 4 nitrogen and oxygen atoms in total. The van der Waals surface area contributed by atoms with Crippen LogP contribution in [0.25, 0.3) is 0 Å². The van der Waals surface area contributed by atoms with Crippen molar-refractivity contribution in [2.75, 3.05) is 6.54 Å². The summed E-state index contributed by atoms with van der Waals surface area (Å²) in [6, 6.07) is 15.0. The van der Waals surface area contributed by atoms with Crippen LogP contribution in [0.4, 0.5) is 4.79 Å². The smallest absolute Gasteiger partial charge is 0.407 e. The van der Waals surface area contributed by atoms with Crippen molar-refractivity contribution >= 4 is 33.6 Å². The number of rotatable bonds is 6. The predicted octanol–water partition coefficient (Wildman–Crippen LogP) is 5.45. The van der Waals surface area contributed by atoms with Crippen molar-refractivity contribution in [2.45, 2.75) is 44.8 Å². The molecule has 0 saturated carbocycles. The van der Waals surface area contributed by atoms with Crippen LogP contribution >= 0.6 is 27.5 Å². The van der Waals surface area contributed by atoms with Crippen molar-refractivity contribution < 1.29 is 14.6 Å². The van der Waals surface area contributed by atoms with E-state index >= 15 is 0 Å². The Morgan fingerprint density at radius 1 is 1.19 bits per heavy atom. The SMILES string of the molecule is CC(C)(C)OC(=O)NC[C@@](O)(CCc1ccc(Br)cc1)c1cccc(Cl)c1. The molecule has 0 aromatic heterocycles. The van der Waals surface area contributed by atoms with Crippen LogP contribution in [0.3, 0.4) is 0 Å². The van der Waals surface area contributed by atoms with E-state index in [2.05, 4.69) is 21.2 Å². The van der Waals surface area contributed by atoms with Gasteiger partial charge in [0, 0.05) is 9.50 Å². The number of ether oxygens (including phenoxy) is 1. The van der Waals surface area contributed by atoms with Crippen LogP contribution in [0.2, 0.25) is 5.02 Å². The van der Waals surface area contributed by atoms with Crippen LogP contribution in [-0.2, 0) is 16.8 Å². The molecule has 0 spiro atoms. The highest BCUT2D eigenvalue weighted by Crippen LogP contribution is 2.29. The Bertz CT molecular complexity index is 774. The summed E-state index contributed by atoms with van der Waals surface area (Å²) in [6.45, 7) is 5.41. The molecule has 27 heavy (non-hydrogen) atoms. The van der Waals surface area contributed by atoms with Crippen LogP contribution < -0.4 is 5.32 Å². The fourth-order valence-electron chi connectivity index (χ4n) is 2.65. The highest BCUT2D eigenvalue weighted by atomic mass is 79.9. The van der Waals surface area contributed by atoms with Gasteiger partial charge in [-0.3, -0.25) is 0 Å². The first-order chi connectivity index (χ1) is 12.6. The lowest BCUT2D eigenvalue weighted by molar-refractivity contribution is 0.0158. The van der Waals surface area contributed by atoms with E-state index in [0.717, 1.165) is 10.0 Å². The third-order valence-corrected chi connectivity index (χ3v) is 4.79. The van der Waals surface area contributed by atoms with Crippen molar-refractivity contribution in [1.82, 2.24) is 5.32 Å². The maximum Gasteiger partial charge on any atom is 0.407 e. The van der Waals surface area contributed by atoms with E-state index in [9.17, 15) is 9.90 Å². The minimum Gasteiger partial charge on any atom is -0.444 e. The van der Waals surface area contributed by atoms with Gasteiger partial charge in [0.05, 0.1) is 6.54 Å². The second kappa shape index (κ2) is 9.09. The van der Waals surface area contributed by atoms with E-state index in [1.54, 1.807) is 39.0 Å². The molecule has 2 aromatic carbocycles. The third kappa shape index (κ3) is 7.17. The largest absolute Gasteiger partial charge is 0.444 e. The number of halogens is 2. The number of benzene rings is 2. The Morgan fingerprint density at radius 3 is 2.44 bits per heavy atom. The first kappa shape index (κ1) is 21.7. The summed E-state index contributed by atoms with van der Waals surface area (Å²) >= 11 is 9.53. The zero-order chi connectivity index (χ0) is 20.1. The topological polar surface area (TPSA) is 58.6 Å². The highest BCUT2D eigenvalue weighted by Gasteiger charge is 2.31. The van der Waals surface area contributed by atoms with Gasteiger partial charge in [-0.1, -0.05) is 51.8 Å². The van der Waals surface area contributed by atoms with E-state index in [4.69, 9.17) is 16.3 Å². The maximum absolute atomic E-state index is 12.0. The molecule has 0 unspecified atom stereocenters. The van der Waals surface area contributed by atoms with E-state index in [0.29, 0.717) is 23.4 Å². The van der Waals surface area contributed by atoms with Crippen molar-refractivity contribution in [2.24, 2.45) is 0 Å². The molecule has 0 radical (unpaired) electrons.